The van der Waals surface area contributed by atoms with Gasteiger partial charge in [0, 0.05) is 25.0 Å². The Morgan fingerprint density at radius 1 is 1.53 bits per heavy atom. The number of halogens is 1. The van der Waals surface area contributed by atoms with Gasteiger partial charge in [0.05, 0.1) is 11.7 Å². The number of nitrogens with zero attached hydrogens (tertiary/aromatic N) is 1. The van der Waals surface area contributed by atoms with Crippen molar-refractivity contribution in [1.29, 1.82) is 0 Å². The van der Waals surface area contributed by atoms with E-state index in [4.69, 9.17) is 4.74 Å². The molecule has 0 spiro atoms. The van der Waals surface area contributed by atoms with Gasteiger partial charge in [-0.2, -0.15) is 0 Å². The Kier molecular flexibility index (Phi) is 5.07. The van der Waals surface area contributed by atoms with Crippen LogP contribution < -0.4 is 0 Å². The van der Waals surface area contributed by atoms with Crippen molar-refractivity contribution < 1.29 is 4.74 Å². The van der Waals surface area contributed by atoms with E-state index < -0.39 is 0 Å². The molecule has 1 aliphatic heterocycles. The monoisotopic (exact) mass is 277 g/mol. The summed E-state index contributed by atoms with van der Waals surface area (Å²) >= 11 is 3.59. The predicted molar refractivity (Wildman–Crippen MR) is 68.6 cm³/mol. The highest BCUT2D eigenvalue weighted by atomic mass is 79.9. The summed E-state index contributed by atoms with van der Waals surface area (Å²) in [6, 6.07) is 0. The fourth-order valence-corrected chi connectivity index (χ4v) is 3.04. The minimum atomic E-state index is 0.0161. The summed E-state index contributed by atoms with van der Waals surface area (Å²) < 4.78 is 5.90. The second-order valence-corrected chi connectivity index (χ2v) is 5.96. The lowest BCUT2D eigenvalue weighted by Gasteiger charge is -2.42. The van der Waals surface area contributed by atoms with Crippen LogP contribution in [0.5, 0.6) is 0 Å². The average molecular weight is 278 g/mol. The third kappa shape index (κ3) is 4.41. The molecule has 0 aliphatic carbocycles. The molecule has 0 saturated carbocycles. The standard InChI is InChI=1S/C12H24BrNO/c1-5-11(6-13)8-14-7-10(2)15-12(3,4)9-14/h10-11H,5-9H2,1-4H3. The van der Waals surface area contributed by atoms with Gasteiger partial charge in [0.25, 0.3) is 0 Å². The zero-order valence-electron chi connectivity index (χ0n) is 10.4. The molecule has 2 unspecified atom stereocenters. The van der Waals surface area contributed by atoms with Crippen LogP contribution in [0.1, 0.15) is 34.1 Å². The summed E-state index contributed by atoms with van der Waals surface area (Å²) in [7, 11) is 0. The van der Waals surface area contributed by atoms with Gasteiger partial charge < -0.3 is 4.74 Å². The van der Waals surface area contributed by atoms with Crippen molar-refractivity contribution in [3.63, 3.8) is 0 Å². The molecule has 0 aromatic heterocycles. The van der Waals surface area contributed by atoms with Crippen molar-refractivity contribution in [2.45, 2.75) is 45.8 Å². The highest BCUT2D eigenvalue weighted by Gasteiger charge is 2.31. The first kappa shape index (κ1) is 13.5. The first-order valence-electron chi connectivity index (χ1n) is 5.93. The van der Waals surface area contributed by atoms with E-state index in [1.54, 1.807) is 0 Å². The zero-order chi connectivity index (χ0) is 11.5. The van der Waals surface area contributed by atoms with Crippen LogP contribution in [-0.4, -0.2) is 41.6 Å². The number of ether oxygens (including phenoxy) is 1. The van der Waals surface area contributed by atoms with Gasteiger partial charge in [-0.25, -0.2) is 0 Å². The second kappa shape index (κ2) is 5.65. The molecule has 1 aliphatic rings. The van der Waals surface area contributed by atoms with E-state index >= 15 is 0 Å². The maximum Gasteiger partial charge on any atom is 0.0757 e. The number of hydrogen-bond acceptors (Lipinski definition) is 2. The molecule has 0 bridgehead atoms. The van der Waals surface area contributed by atoms with Gasteiger partial charge in [-0.3, -0.25) is 4.90 Å². The summed E-state index contributed by atoms with van der Waals surface area (Å²) in [4.78, 5) is 2.55. The van der Waals surface area contributed by atoms with Gasteiger partial charge in [0.15, 0.2) is 0 Å². The van der Waals surface area contributed by atoms with Crippen LogP contribution in [0.2, 0.25) is 0 Å². The van der Waals surface area contributed by atoms with Gasteiger partial charge in [-0.05, 0) is 26.7 Å². The largest absolute Gasteiger partial charge is 0.370 e. The first-order valence-corrected chi connectivity index (χ1v) is 7.05. The molecule has 2 nitrogen and oxygen atoms in total. The quantitative estimate of drug-likeness (QED) is 0.733. The molecule has 1 fully saturated rings. The fourth-order valence-electron chi connectivity index (χ4n) is 2.38. The van der Waals surface area contributed by atoms with E-state index in [1.807, 2.05) is 0 Å². The van der Waals surface area contributed by atoms with E-state index in [9.17, 15) is 0 Å². The molecule has 3 heteroatoms. The van der Waals surface area contributed by atoms with Crippen molar-refractivity contribution in [1.82, 2.24) is 4.90 Å². The molecule has 0 aromatic carbocycles. The number of rotatable bonds is 4. The van der Waals surface area contributed by atoms with Crippen molar-refractivity contribution in [2.75, 3.05) is 25.0 Å². The number of morpholine rings is 1. The minimum absolute atomic E-state index is 0.0161. The Hall–Kier alpha value is 0.400. The van der Waals surface area contributed by atoms with E-state index in [1.165, 1.54) is 13.0 Å². The van der Waals surface area contributed by atoms with Gasteiger partial charge in [-0.1, -0.05) is 29.3 Å². The lowest BCUT2D eigenvalue weighted by Crippen LogP contribution is -2.52. The third-order valence-electron chi connectivity index (χ3n) is 2.95. The maximum atomic E-state index is 5.90. The fraction of sp³-hybridized carbons (Fsp3) is 1.00. The average Bonchev–Trinajstić information content (AvgIpc) is 2.10. The van der Waals surface area contributed by atoms with Gasteiger partial charge >= 0.3 is 0 Å². The lowest BCUT2D eigenvalue weighted by atomic mass is 10.0. The van der Waals surface area contributed by atoms with Crippen molar-refractivity contribution in [3.05, 3.63) is 0 Å². The molecule has 0 amide bonds. The van der Waals surface area contributed by atoms with Crippen LogP contribution in [0.4, 0.5) is 0 Å². The van der Waals surface area contributed by atoms with Crippen molar-refractivity contribution >= 4 is 15.9 Å². The lowest BCUT2D eigenvalue weighted by molar-refractivity contribution is -0.130. The van der Waals surface area contributed by atoms with Crippen LogP contribution >= 0.6 is 15.9 Å². The maximum absolute atomic E-state index is 5.90. The molecule has 1 heterocycles. The van der Waals surface area contributed by atoms with Crippen LogP contribution in [0.25, 0.3) is 0 Å². The number of hydrogen-bond donors (Lipinski definition) is 0. The summed E-state index contributed by atoms with van der Waals surface area (Å²) in [5.74, 6) is 0.770. The Labute approximate surface area is 102 Å². The summed E-state index contributed by atoms with van der Waals surface area (Å²) in [6.07, 6.45) is 1.61. The van der Waals surface area contributed by atoms with E-state index in [2.05, 4.69) is 48.5 Å². The topological polar surface area (TPSA) is 12.5 Å². The van der Waals surface area contributed by atoms with Crippen molar-refractivity contribution in [2.24, 2.45) is 5.92 Å². The molecule has 0 aromatic rings. The smallest absolute Gasteiger partial charge is 0.0757 e. The minimum Gasteiger partial charge on any atom is -0.370 e. The van der Waals surface area contributed by atoms with Gasteiger partial charge in [-0.15, -0.1) is 0 Å². The van der Waals surface area contributed by atoms with Crippen LogP contribution in [0.3, 0.4) is 0 Å². The molecule has 1 saturated heterocycles. The Balaban J connectivity index is 2.47. The molecule has 0 N–H and O–H groups in total. The van der Waals surface area contributed by atoms with Crippen molar-refractivity contribution in [3.8, 4) is 0 Å². The van der Waals surface area contributed by atoms with Gasteiger partial charge in [0.1, 0.15) is 0 Å². The SMILES string of the molecule is CCC(CBr)CN1CC(C)OC(C)(C)C1. The Bertz CT molecular complexity index is 192. The second-order valence-electron chi connectivity index (χ2n) is 5.31. The van der Waals surface area contributed by atoms with Crippen LogP contribution in [-0.2, 0) is 4.74 Å². The third-order valence-corrected chi connectivity index (χ3v) is 3.87. The molecule has 2 atom stereocenters. The Morgan fingerprint density at radius 2 is 2.20 bits per heavy atom. The van der Waals surface area contributed by atoms with E-state index in [0.29, 0.717) is 6.10 Å². The van der Waals surface area contributed by atoms with Crippen LogP contribution in [0.15, 0.2) is 0 Å². The highest BCUT2D eigenvalue weighted by molar-refractivity contribution is 9.09. The van der Waals surface area contributed by atoms with E-state index in [0.717, 1.165) is 24.3 Å². The summed E-state index contributed by atoms with van der Waals surface area (Å²) in [6.45, 7) is 12.1. The normalized spacial score (nSPS) is 29.0. The Morgan fingerprint density at radius 3 is 2.67 bits per heavy atom. The number of alkyl halides is 1. The molecule has 90 valence electrons. The zero-order valence-corrected chi connectivity index (χ0v) is 12.0. The van der Waals surface area contributed by atoms with E-state index in [-0.39, 0.29) is 5.60 Å². The predicted octanol–water partition coefficient (Wildman–Crippen LogP) is 2.91. The molecule has 1 rings (SSSR count). The highest BCUT2D eigenvalue weighted by Crippen LogP contribution is 2.22. The summed E-state index contributed by atoms with van der Waals surface area (Å²) in [5.41, 5.74) is 0.0161. The first-order chi connectivity index (χ1) is 6.96. The molecular weight excluding hydrogens is 254 g/mol. The van der Waals surface area contributed by atoms with Crippen LogP contribution in [0, 0.1) is 5.92 Å². The molecule has 15 heavy (non-hydrogen) atoms. The molecule has 0 radical (unpaired) electrons. The van der Waals surface area contributed by atoms with Gasteiger partial charge in [0.2, 0.25) is 0 Å². The summed E-state index contributed by atoms with van der Waals surface area (Å²) in [5, 5.41) is 1.11. The molecular formula is C12H24BrNO.